The summed E-state index contributed by atoms with van der Waals surface area (Å²) in [6.45, 7) is 6.39. The lowest BCUT2D eigenvalue weighted by molar-refractivity contribution is 0.250. The van der Waals surface area contributed by atoms with Gasteiger partial charge in [0.15, 0.2) is 0 Å². The lowest BCUT2D eigenvalue weighted by atomic mass is 10.1. The Kier molecular flexibility index (Phi) is 9.75. The monoisotopic (exact) mass is 680 g/mol. The topological polar surface area (TPSA) is 58.5 Å². The zero-order chi connectivity index (χ0) is 32.9. The van der Waals surface area contributed by atoms with Gasteiger partial charge in [0.1, 0.15) is 30.3 Å². The SMILES string of the molecule is Fc1cccc(COc2ccc(Nc3ncnc4ccc(-c5ccn(CCCN6CCN(c7cccc(Cl)c7)CC6)c5)cc34)cc2Cl)c1. The Morgan fingerprint density at radius 1 is 0.812 bits per heavy atom. The van der Waals surface area contributed by atoms with Crippen LogP contribution < -0.4 is 15.0 Å². The van der Waals surface area contributed by atoms with Gasteiger partial charge in [0.05, 0.1) is 10.5 Å². The van der Waals surface area contributed by atoms with Gasteiger partial charge in [-0.15, -0.1) is 0 Å². The number of anilines is 3. The summed E-state index contributed by atoms with van der Waals surface area (Å²) in [5.41, 5.74) is 5.77. The molecule has 1 fully saturated rings. The number of aromatic nitrogens is 3. The highest BCUT2D eigenvalue weighted by Gasteiger charge is 2.17. The van der Waals surface area contributed by atoms with E-state index in [9.17, 15) is 4.39 Å². The molecule has 244 valence electrons. The Bertz CT molecular complexity index is 2030. The van der Waals surface area contributed by atoms with E-state index in [0.29, 0.717) is 16.6 Å². The molecule has 0 saturated carbocycles. The lowest BCUT2D eigenvalue weighted by Crippen LogP contribution is -2.46. The maximum Gasteiger partial charge on any atom is 0.141 e. The molecule has 0 aliphatic carbocycles. The Morgan fingerprint density at radius 2 is 1.69 bits per heavy atom. The summed E-state index contributed by atoms with van der Waals surface area (Å²) in [5.74, 6) is 0.898. The van der Waals surface area contributed by atoms with Gasteiger partial charge in [0.2, 0.25) is 0 Å². The first-order valence-corrected chi connectivity index (χ1v) is 16.8. The van der Waals surface area contributed by atoms with E-state index in [1.54, 1.807) is 24.5 Å². The summed E-state index contributed by atoms with van der Waals surface area (Å²) in [4.78, 5) is 14.0. The molecule has 1 saturated heterocycles. The number of nitrogens with one attached hydrogen (secondary N) is 1. The van der Waals surface area contributed by atoms with Crippen LogP contribution in [0.3, 0.4) is 0 Å². The van der Waals surface area contributed by atoms with Gasteiger partial charge < -0.3 is 19.5 Å². The summed E-state index contributed by atoms with van der Waals surface area (Å²) in [6.07, 6.45) is 6.99. The van der Waals surface area contributed by atoms with Crippen LogP contribution in [0.1, 0.15) is 12.0 Å². The van der Waals surface area contributed by atoms with E-state index in [0.717, 1.165) is 84.0 Å². The van der Waals surface area contributed by atoms with Crippen LogP contribution in [0.2, 0.25) is 10.0 Å². The summed E-state index contributed by atoms with van der Waals surface area (Å²) in [5, 5.41) is 5.53. The van der Waals surface area contributed by atoms with Gasteiger partial charge in [0.25, 0.3) is 0 Å². The summed E-state index contributed by atoms with van der Waals surface area (Å²) in [7, 11) is 0. The molecule has 0 amide bonds. The molecule has 0 radical (unpaired) electrons. The van der Waals surface area contributed by atoms with E-state index in [1.807, 2.05) is 36.4 Å². The fourth-order valence-corrected chi connectivity index (χ4v) is 6.51. The maximum absolute atomic E-state index is 13.5. The standard InChI is InChI=1S/C38H35Cl2FN6O/c39-30-5-2-7-33(22-30)47-18-16-45(17-19-47)13-3-14-46-15-12-29(24-46)28-8-10-36-34(21-28)38(43-26-42-36)44-32-9-11-37(35(40)23-32)48-25-27-4-1-6-31(41)20-27/h1-2,4-12,15,20-24,26H,3,13-14,16-19,25H2,(H,42,43,44). The molecule has 1 aliphatic heterocycles. The zero-order valence-electron chi connectivity index (χ0n) is 26.3. The van der Waals surface area contributed by atoms with Crippen LogP contribution >= 0.6 is 23.2 Å². The van der Waals surface area contributed by atoms with Crippen molar-refractivity contribution in [1.82, 2.24) is 19.4 Å². The predicted octanol–water partition coefficient (Wildman–Crippen LogP) is 9.08. The number of benzene rings is 4. The fourth-order valence-electron chi connectivity index (χ4n) is 6.09. The third-order valence-electron chi connectivity index (χ3n) is 8.63. The number of nitrogens with zero attached hydrogens (tertiary/aromatic N) is 5. The van der Waals surface area contributed by atoms with Crippen molar-refractivity contribution in [3.8, 4) is 16.9 Å². The molecule has 4 aromatic carbocycles. The van der Waals surface area contributed by atoms with Crippen LogP contribution in [0.15, 0.2) is 110 Å². The summed E-state index contributed by atoms with van der Waals surface area (Å²) in [6, 6.07) is 28.3. The molecule has 6 aromatic rings. The Hall–Kier alpha value is -4.63. The largest absolute Gasteiger partial charge is 0.487 e. The maximum atomic E-state index is 13.5. The highest BCUT2D eigenvalue weighted by Crippen LogP contribution is 2.32. The van der Waals surface area contributed by atoms with Crippen molar-refractivity contribution in [3.63, 3.8) is 0 Å². The average Bonchev–Trinajstić information content (AvgIpc) is 3.57. The molecule has 0 unspecified atom stereocenters. The first-order chi connectivity index (χ1) is 23.5. The van der Waals surface area contributed by atoms with Crippen LogP contribution in [0.25, 0.3) is 22.0 Å². The van der Waals surface area contributed by atoms with E-state index >= 15 is 0 Å². The Balaban J connectivity index is 0.958. The normalized spacial score (nSPS) is 13.6. The minimum Gasteiger partial charge on any atom is -0.487 e. The molecule has 0 spiro atoms. The highest BCUT2D eigenvalue weighted by molar-refractivity contribution is 6.32. The van der Waals surface area contributed by atoms with Crippen molar-refractivity contribution in [2.45, 2.75) is 19.6 Å². The van der Waals surface area contributed by atoms with E-state index in [1.165, 1.54) is 17.8 Å². The molecule has 3 heterocycles. The van der Waals surface area contributed by atoms with Crippen molar-refractivity contribution >= 4 is 51.3 Å². The van der Waals surface area contributed by atoms with Crippen molar-refractivity contribution < 1.29 is 9.13 Å². The molecule has 48 heavy (non-hydrogen) atoms. The molecule has 7 nitrogen and oxygen atoms in total. The molecule has 1 aliphatic rings. The second-order valence-electron chi connectivity index (χ2n) is 11.9. The number of piperazine rings is 1. The summed E-state index contributed by atoms with van der Waals surface area (Å²) < 4.78 is 21.6. The van der Waals surface area contributed by atoms with Crippen molar-refractivity contribution in [2.24, 2.45) is 0 Å². The van der Waals surface area contributed by atoms with Gasteiger partial charge in [-0.25, -0.2) is 14.4 Å². The molecular weight excluding hydrogens is 646 g/mol. The molecule has 0 atom stereocenters. The first kappa shape index (κ1) is 31.9. The van der Waals surface area contributed by atoms with Crippen LogP contribution in [-0.4, -0.2) is 52.2 Å². The molecular formula is C38H35Cl2FN6O. The van der Waals surface area contributed by atoms with E-state index in [-0.39, 0.29) is 12.4 Å². The molecule has 7 rings (SSSR count). The van der Waals surface area contributed by atoms with E-state index < -0.39 is 0 Å². The lowest BCUT2D eigenvalue weighted by Gasteiger charge is -2.36. The zero-order valence-corrected chi connectivity index (χ0v) is 27.8. The second kappa shape index (κ2) is 14.6. The number of halogens is 3. The highest BCUT2D eigenvalue weighted by atomic mass is 35.5. The molecule has 10 heteroatoms. The van der Waals surface area contributed by atoms with Gasteiger partial charge in [-0.3, -0.25) is 4.90 Å². The number of rotatable bonds is 11. The number of fused-ring (bicyclic) bond motifs is 1. The third-order valence-corrected chi connectivity index (χ3v) is 9.16. The van der Waals surface area contributed by atoms with Crippen molar-refractivity contribution in [1.29, 1.82) is 0 Å². The average molecular weight is 682 g/mol. The van der Waals surface area contributed by atoms with Crippen molar-refractivity contribution in [3.05, 3.63) is 131 Å². The Morgan fingerprint density at radius 3 is 2.52 bits per heavy atom. The van der Waals surface area contributed by atoms with Crippen LogP contribution in [0, 0.1) is 5.82 Å². The quantitative estimate of drug-likeness (QED) is 0.147. The summed E-state index contributed by atoms with van der Waals surface area (Å²) >= 11 is 12.7. The second-order valence-corrected chi connectivity index (χ2v) is 12.8. The minimum atomic E-state index is -0.300. The van der Waals surface area contributed by atoms with Gasteiger partial charge in [-0.05, 0) is 96.4 Å². The van der Waals surface area contributed by atoms with Gasteiger partial charge in [-0.2, -0.15) is 0 Å². The number of hydrogen-bond donors (Lipinski definition) is 1. The van der Waals surface area contributed by atoms with Gasteiger partial charge >= 0.3 is 0 Å². The smallest absolute Gasteiger partial charge is 0.141 e. The van der Waals surface area contributed by atoms with Crippen LogP contribution in [0.4, 0.5) is 21.6 Å². The third kappa shape index (κ3) is 7.73. The predicted molar refractivity (Wildman–Crippen MR) is 193 cm³/mol. The molecule has 1 N–H and O–H groups in total. The fraction of sp³-hybridized carbons (Fsp3) is 0.211. The number of ether oxygens (including phenoxy) is 1. The Labute approximate surface area is 289 Å². The van der Waals surface area contributed by atoms with E-state index in [4.69, 9.17) is 27.9 Å². The van der Waals surface area contributed by atoms with Crippen LogP contribution in [0.5, 0.6) is 5.75 Å². The first-order valence-electron chi connectivity index (χ1n) is 16.0. The van der Waals surface area contributed by atoms with Gasteiger partial charge in [0, 0.05) is 66.9 Å². The van der Waals surface area contributed by atoms with Crippen molar-refractivity contribution in [2.75, 3.05) is 42.9 Å². The minimum absolute atomic E-state index is 0.216. The number of hydrogen-bond acceptors (Lipinski definition) is 6. The van der Waals surface area contributed by atoms with Gasteiger partial charge in [-0.1, -0.05) is 47.5 Å². The number of aryl methyl sites for hydroxylation is 1. The molecule has 0 bridgehead atoms. The molecule has 2 aromatic heterocycles. The van der Waals surface area contributed by atoms with Crippen LogP contribution in [-0.2, 0) is 13.2 Å². The van der Waals surface area contributed by atoms with E-state index in [2.05, 4.69) is 66.3 Å².